The molecule has 7 heteroatoms. The predicted octanol–water partition coefficient (Wildman–Crippen LogP) is 2.18. The number of aromatic nitrogens is 3. The molecule has 0 saturated heterocycles. The molecule has 0 unspecified atom stereocenters. The highest BCUT2D eigenvalue weighted by atomic mass is 19.1. The highest BCUT2D eigenvalue weighted by molar-refractivity contribution is 5.88. The Balaban J connectivity index is 1.60. The van der Waals surface area contributed by atoms with Crippen molar-refractivity contribution in [3.8, 4) is 0 Å². The summed E-state index contributed by atoms with van der Waals surface area (Å²) in [6.45, 7) is 2.13. The van der Waals surface area contributed by atoms with E-state index < -0.39 is 5.82 Å². The fourth-order valence-corrected chi connectivity index (χ4v) is 2.33. The van der Waals surface area contributed by atoms with E-state index in [1.165, 1.54) is 22.8 Å². The van der Waals surface area contributed by atoms with Crippen LogP contribution in [-0.4, -0.2) is 26.7 Å². The Morgan fingerprint density at radius 2 is 2.40 bits per heavy atom. The number of rotatable bonds is 4. The minimum absolute atomic E-state index is 0.167. The van der Waals surface area contributed by atoms with Crippen molar-refractivity contribution < 1.29 is 9.18 Å². The Hall–Kier alpha value is -2.18. The van der Waals surface area contributed by atoms with Crippen LogP contribution in [0.1, 0.15) is 26.2 Å². The van der Waals surface area contributed by atoms with Gasteiger partial charge in [-0.15, -0.1) is 5.10 Å². The summed E-state index contributed by atoms with van der Waals surface area (Å²) in [6, 6.07) is 2.74. The van der Waals surface area contributed by atoms with Crippen LogP contribution < -0.4 is 10.6 Å². The first-order valence-corrected chi connectivity index (χ1v) is 6.75. The number of nitrogens with zero attached hydrogens (tertiary/aromatic N) is 3. The van der Waals surface area contributed by atoms with Crippen LogP contribution in [0.3, 0.4) is 0 Å². The number of nitrogens with one attached hydrogen (secondary N) is 2. The van der Waals surface area contributed by atoms with Crippen LogP contribution >= 0.6 is 0 Å². The van der Waals surface area contributed by atoms with Gasteiger partial charge in [-0.25, -0.2) is 13.7 Å². The van der Waals surface area contributed by atoms with Crippen LogP contribution in [0.5, 0.6) is 0 Å². The fraction of sp³-hybridized carbons (Fsp3) is 0.462. The SMILES string of the molecule is CCC[C@@H]1C[C@H]1NC(=O)Nc1nc2ccc(F)cn2n1. The molecule has 1 aliphatic carbocycles. The van der Waals surface area contributed by atoms with E-state index in [2.05, 4.69) is 27.6 Å². The topological polar surface area (TPSA) is 71.3 Å². The third-order valence-corrected chi connectivity index (χ3v) is 3.42. The summed E-state index contributed by atoms with van der Waals surface area (Å²) >= 11 is 0. The molecule has 3 rings (SSSR count). The quantitative estimate of drug-likeness (QED) is 0.899. The molecule has 0 spiro atoms. The fourth-order valence-electron chi connectivity index (χ4n) is 2.33. The van der Waals surface area contributed by atoms with Crippen molar-refractivity contribution in [1.29, 1.82) is 0 Å². The molecule has 2 amide bonds. The molecule has 2 N–H and O–H groups in total. The monoisotopic (exact) mass is 277 g/mol. The maximum atomic E-state index is 13.0. The zero-order valence-corrected chi connectivity index (χ0v) is 11.1. The highest BCUT2D eigenvalue weighted by Gasteiger charge is 2.37. The van der Waals surface area contributed by atoms with Gasteiger partial charge in [0.2, 0.25) is 0 Å². The van der Waals surface area contributed by atoms with E-state index in [0.29, 0.717) is 11.6 Å². The van der Waals surface area contributed by atoms with Gasteiger partial charge in [0, 0.05) is 6.04 Å². The lowest BCUT2D eigenvalue weighted by Gasteiger charge is -2.03. The maximum absolute atomic E-state index is 13.0. The molecule has 20 heavy (non-hydrogen) atoms. The van der Waals surface area contributed by atoms with Gasteiger partial charge < -0.3 is 5.32 Å². The van der Waals surface area contributed by atoms with Crippen molar-refractivity contribution in [2.24, 2.45) is 5.92 Å². The van der Waals surface area contributed by atoms with Crippen LogP contribution in [0, 0.1) is 11.7 Å². The Morgan fingerprint density at radius 3 is 3.20 bits per heavy atom. The molecule has 0 radical (unpaired) electrons. The second kappa shape index (κ2) is 5.07. The predicted molar refractivity (Wildman–Crippen MR) is 71.9 cm³/mol. The average molecular weight is 277 g/mol. The van der Waals surface area contributed by atoms with Crippen molar-refractivity contribution in [3.63, 3.8) is 0 Å². The second-order valence-electron chi connectivity index (χ2n) is 5.07. The van der Waals surface area contributed by atoms with Crippen LogP contribution in [-0.2, 0) is 0 Å². The number of hydrogen-bond acceptors (Lipinski definition) is 3. The van der Waals surface area contributed by atoms with E-state index in [-0.39, 0.29) is 18.0 Å². The van der Waals surface area contributed by atoms with Gasteiger partial charge >= 0.3 is 6.03 Å². The van der Waals surface area contributed by atoms with Crippen molar-refractivity contribution in [2.45, 2.75) is 32.2 Å². The normalized spacial score (nSPS) is 20.9. The first-order chi connectivity index (χ1) is 9.65. The summed E-state index contributed by atoms with van der Waals surface area (Å²) in [7, 11) is 0. The van der Waals surface area contributed by atoms with Gasteiger partial charge in [-0.2, -0.15) is 4.98 Å². The molecule has 0 bridgehead atoms. The van der Waals surface area contributed by atoms with Crippen LogP contribution in [0.4, 0.5) is 15.1 Å². The summed E-state index contributed by atoms with van der Waals surface area (Å²) in [5, 5.41) is 9.44. The molecular formula is C13H16FN5O. The van der Waals surface area contributed by atoms with Crippen molar-refractivity contribution in [3.05, 3.63) is 24.1 Å². The molecule has 1 fully saturated rings. The lowest BCUT2D eigenvalue weighted by Crippen LogP contribution is -2.31. The van der Waals surface area contributed by atoms with Crippen LogP contribution in [0.2, 0.25) is 0 Å². The third-order valence-electron chi connectivity index (χ3n) is 3.42. The molecule has 1 saturated carbocycles. The number of pyridine rings is 1. The minimum Gasteiger partial charge on any atom is -0.335 e. The van der Waals surface area contributed by atoms with E-state index >= 15 is 0 Å². The number of fused-ring (bicyclic) bond motifs is 1. The average Bonchev–Trinajstić information content (AvgIpc) is 2.98. The maximum Gasteiger partial charge on any atom is 0.321 e. The van der Waals surface area contributed by atoms with Crippen molar-refractivity contribution >= 4 is 17.6 Å². The number of hydrogen-bond donors (Lipinski definition) is 2. The summed E-state index contributed by atoms with van der Waals surface area (Å²) < 4.78 is 14.3. The zero-order valence-electron chi connectivity index (χ0n) is 11.1. The van der Waals surface area contributed by atoms with Gasteiger partial charge in [0.1, 0.15) is 5.82 Å². The first kappa shape index (κ1) is 12.8. The standard InChI is InChI=1S/C13H16FN5O/c1-2-3-8-6-10(8)15-13(20)17-12-16-11-5-4-9(14)7-19(11)18-12/h4-5,7-8,10H,2-3,6H2,1H3,(H2,15,17,18,20)/t8-,10-/m1/s1. The van der Waals surface area contributed by atoms with E-state index in [0.717, 1.165) is 19.3 Å². The summed E-state index contributed by atoms with van der Waals surface area (Å²) in [4.78, 5) is 15.9. The molecule has 2 atom stereocenters. The summed E-state index contributed by atoms with van der Waals surface area (Å²) in [5.74, 6) is 0.355. The molecule has 6 nitrogen and oxygen atoms in total. The van der Waals surface area contributed by atoms with Gasteiger partial charge in [-0.05, 0) is 30.9 Å². The molecule has 106 valence electrons. The van der Waals surface area contributed by atoms with Gasteiger partial charge in [-0.3, -0.25) is 5.32 Å². The molecule has 2 aromatic heterocycles. The van der Waals surface area contributed by atoms with E-state index in [1.807, 2.05) is 0 Å². The molecule has 1 aliphatic rings. The number of amides is 2. The Kier molecular flexibility index (Phi) is 3.25. The molecule has 2 aromatic rings. The number of halogens is 1. The lowest BCUT2D eigenvalue weighted by atomic mass is 10.2. The minimum atomic E-state index is -0.404. The lowest BCUT2D eigenvalue weighted by molar-refractivity contribution is 0.251. The Labute approximate surface area is 115 Å². The number of urea groups is 1. The summed E-state index contributed by atoms with van der Waals surface area (Å²) in [5.41, 5.74) is 0.483. The van der Waals surface area contributed by atoms with E-state index in [1.54, 1.807) is 0 Å². The largest absolute Gasteiger partial charge is 0.335 e. The summed E-state index contributed by atoms with van der Waals surface area (Å²) in [6.07, 6.45) is 4.51. The van der Waals surface area contributed by atoms with E-state index in [9.17, 15) is 9.18 Å². The highest BCUT2D eigenvalue weighted by Crippen LogP contribution is 2.34. The second-order valence-corrected chi connectivity index (χ2v) is 5.07. The molecular weight excluding hydrogens is 261 g/mol. The first-order valence-electron chi connectivity index (χ1n) is 6.75. The van der Waals surface area contributed by atoms with Gasteiger partial charge in [0.15, 0.2) is 5.65 Å². The Morgan fingerprint density at radius 1 is 1.55 bits per heavy atom. The van der Waals surface area contributed by atoms with Gasteiger partial charge in [0.05, 0.1) is 6.20 Å². The zero-order chi connectivity index (χ0) is 14.1. The van der Waals surface area contributed by atoms with E-state index in [4.69, 9.17) is 0 Å². The molecule has 2 heterocycles. The third kappa shape index (κ3) is 2.71. The smallest absolute Gasteiger partial charge is 0.321 e. The van der Waals surface area contributed by atoms with Gasteiger partial charge in [-0.1, -0.05) is 13.3 Å². The number of carbonyl (C=O) groups excluding carboxylic acids is 1. The van der Waals surface area contributed by atoms with Crippen LogP contribution in [0.25, 0.3) is 5.65 Å². The Bertz CT molecular complexity index is 641. The van der Waals surface area contributed by atoms with Gasteiger partial charge in [0.25, 0.3) is 5.95 Å². The number of anilines is 1. The van der Waals surface area contributed by atoms with Crippen LogP contribution in [0.15, 0.2) is 18.3 Å². The van der Waals surface area contributed by atoms with Crippen molar-refractivity contribution in [1.82, 2.24) is 19.9 Å². The molecule has 0 aromatic carbocycles. The molecule has 0 aliphatic heterocycles. The van der Waals surface area contributed by atoms with Crippen molar-refractivity contribution in [2.75, 3.05) is 5.32 Å². The number of carbonyl (C=O) groups is 1.